The summed E-state index contributed by atoms with van der Waals surface area (Å²) in [6, 6.07) is 4.34. The SMILES string of the molecule is CCOC(C(C)C)C(Cc1ccc(F)cc1Cl)NN. The number of ether oxygens (including phenoxy) is 1. The lowest BCUT2D eigenvalue weighted by Gasteiger charge is -2.29. The fraction of sp³-hybridized carbons (Fsp3) is 0.571. The molecule has 19 heavy (non-hydrogen) atoms. The number of nitrogens with one attached hydrogen (secondary N) is 1. The highest BCUT2D eigenvalue weighted by atomic mass is 35.5. The van der Waals surface area contributed by atoms with Crippen LogP contribution in [0.3, 0.4) is 0 Å². The van der Waals surface area contributed by atoms with E-state index >= 15 is 0 Å². The van der Waals surface area contributed by atoms with Crippen LogP contribution >= 0.6 is 11.6 Å². The largest absolute Gasteiger partial charge is 0.377 e. The Morgan fingerprint density at radius 2 is 2.11 bits per heavy atom. The molecule has 0 aliphatic rings. The van der Waals surface area contributed by atoms with Gasteiger partial charge in [-0.25, -0.2) is 4.39 Å². The van der Waals surface area contributed by atoms with Crippen molar-refractivity contribution in [1.29, 1.82) is 0 Å². The van der Waals surface area contributed by atoms with Crippen LogP contribution in [0.5, 0.6) is 0 Å². The van der Waals surface area contributed by atoms with E-state index in [-0.39, 0.29) is 18.0 Å². The summed E-state index contributed by atoms with van der Waals surface area (Å²) in [6.07, 6.45) is 0.578. The number of hydrazine groups is 1. The first-order valence-electron chi connectivity index (χ1n) is 6.51. The fourth-order valence-corrected chi connectivity index (χ4v) is 2.40. The lowest BCUT2D eigenvalue weighted by atomic mass is 9.94. The van der Waals surface area contributed by atoms with Crippen molar-refractivity contribution in [2.75, 3.05) is 6.61 Å². The van der Waals surface area contributed by atoms with Crippen LogP contribution in [0.1, 0.15) is 26.3 Å². The maximum Gasteiger partial charge on any atom is 0.124 e. The molecule has 5 heteroatoms. The summed E-state index contributed by atoms with van der Waals surface area (Å²) in [6.45, 7) is 6.74. The van der Waals surface area contributed by atoms with Crippen LogP contribution < -0.4 is 11.3 Å². The van der Waals surface area contributed by atoms with E-state index in [0.29, 0.717) is 24.0 Å². The molecule has 1 aromatic carbocycles. The van der Waals surface area contributed by atoms with Crippen molar-refractivity contribution < 1.29 is 9.13 Å². The molecular formula is C14H22ClFN2O. The van der Waals surface area contributed by atoms with Gasteiger partial charge in [0.15, 0.2) is 0 Å². The number of hydrogen-bond donors (Lipinski definition) is 2. The Morgan fingerprint density at radius 3 is 2.58 bits per heavy atom. The van der Waals surface area contributed by atoms with E-state index in [0.717, 1.165) is 5.56 Å². The fourth-order valence-electron chi connectivity index (χ4n) is 2.16. The van der Waals surface area contributed by atoms with Gasteiger partial charge in [0, 0.05) is 11.6 Å². The quantitative estimate of drug-likeness (QED) is 0.599. The van der Waals surface area contributed by atoms with Crippen molar-refractivity contribution in [2.24, 2.45) is 11.8 Å². The summed E-state index contributed by atoms with van der Waals surface area (Å²) < 4.78 is 18.8. The van der Waals surface area contributed by atoms with Gasteiger partial charge in [-0.2, -0.15) is 0 Å². The van der Waals surface area contributed by atoms with Crippen molar-refractivity contribution in [3.05, 3.63) is 34.6 Å². The lowest BCUT2D eigenvalue weighted by Crippen LogP contribution is -2.49. The number of halogens is 2. The predicted octanol–water partition coefficient (Wildman–Crippen LogP) is 2.91. The molecule has 0 spiro atoms. The zero-order valence-corrected chi connectivity index (χ0v) is 12.4. The van der Waals surface area contributed by atoms with E-state index in [1.807, 2.05) is 6.92 Å². The van der Waals surface area contributed by atoms with E-state index < -0.39 is 0 Å². The third kappa shape index (κ3) is 4.73. The van der Waals surface area contributed by atoms with E-state index in [1.54, 1.807) is 6.07 Å². The summed E-state index contributed by atoms with van der Waals surface area (Å²) in [4.78, 5) is 0. The topological polar surface area (TPSA) is 47.3 Å². The van der Waals surface area contributed by atoms with Gasteiger partial charge in [-0.1, -0.05) is 31.5 Å². The van der Waals surface area contributed by atoms with Crippen LogP contribution in [0.25, 0.3) is 0 Å². The van der Waals surface area contributed by atoms with Gasteiger partial charge in [-0.3, -0.25) is 11.3 Å². The van der Waals surface area contributed by atoms with Gasteiger partial charge in [0.2, 0.25) is 0 Å². The molecule has 3 N–H and O–H groups in total. The zero-order valence-electron chi connectivity index (χ0n) is 11.6. The third-order valence-electron chi connectivity index (χ3n) is 3.08. The first kappa shape index (κ1) is 16.4. The van der Waals surface area contributed by atoms with E-state index in [1.165, 1.54) is 12.1 Å². The summed E-state index contributed by atoms with van der Waals surface area (Å²) in [5, 5.41) is 0.416. The van der Waals surface area contributed by atoms with Crippen LogP contribution in [-0.2, 0) is 11.2 Å². The molecule has 0 bridgehead atoms. The summed E-state index contributed by atoms with van der Waals surface area (Å²) in [5.74, 6) is 5.61. The average Bonchev–Trinajstić information content (AvgIpc) is 2.35. The van der Waals surface area contributed by atoms with Gasteiger partial charge in [-0.15, -0.1) is 0 Å². The minimum absolute atomic E-state index is 0.0175. The third-order valence-corrected chi connectivity index (χ3v) is 3.43. The molecule has 0 heterocycles. The predicted molar refractivity (Wildman–Crippen MR) is 76.5 cm³/mol. The molecule has 0 aliphatic carbocycles. The lowest BCUT2D eigenvalue weighted by molar-refractivity contribution is 0.00356. The Balaban J connectivity index is 2.85. The van der Waals surface area contributed by atoms with Crippen LogP contribution in [-0.4, -0.2) is 18.8 Å². The number of nitrogens with two attached hydrogens (primary N) is 1. The molecule has 2 atom stereocenters. The molecule has 0 amide bonds. The highest BCUT2D eigenvalue weighted by Crippen LogP contribution is 2.21. The van der Waals surface area contributed by atoms with Crippen molar-refractivity contribution in [3.63, 3.8) is 0 Å². The van der Waals surface area contributed by atoms with Crippen molar-refractivity contribution in [3.8, 4) is 0 Å². The molecule has 0 saturated carbocycles. The highest BCUT2D eigenvalue weighted by molar-refractivity contribution is 6.31. The van der Waals surface area contributed by atoms with Gasteiger partial charge < -0.3 is 4.74 Å². The first-order chi connectivity index (χ1) is 8.99. The smallest absolute Gasteiger partial charge is 0.124 e. The van der Waals surface area contributed by atoms with Crippen molar-refractivity contribution in [2.45, 2.75) is 39.3 Å². The maximum atomic E-state index is 13.0. The Morgan fingerprint density at radius 1 is 1.42 bits per heavy atom. The van der Waals surface area contributed by atoms with Gasteiger partial charge in [0.25, 0.3) is 0 Å². The molecule has 108 valence electrons. The Kier molecular flexibility index (Phi) is 6.72. The second-order valence-electron chi connectivity index (χ2n) is 4.88. The molecule has 1 aromatic rings. The zero-order chi connectivity index (χ0) is 14.4. The van der Waals surface area contributed by atoms with Gasteiger partial charge >= 0.3 is 0 Å². The highest BCUT2D eigenvalue weighted by Gasteiger charge is 2.25. The van der Waals surface area contributed by atoms with Crippen molar-refractivity contribution >= 4 is 11.6 Å². The average molecular weight is 289 g/mol. The van der Waals surface area contributed by atoms with E-state index in [4.69, 9.17) is 22.2 Å². The molecule has 1 rings (SSSR count). The normalized spacial score (nSPS) is 14.7. The number of rotatable bonds is 7. The maximum absolute atomic E-state index is 13.0. The van der Waals surface area contributed by atoms with Gasteiger partial charge in [0.05, 0.1) is 12.1 Å². The summed E-state index contributed by atoms with van der Waals surface area (Å²) in [7, 11) is 0. The van der Waals surface area contributed by atoms with Crippen LogP contribution in [0.4, 0.5) is 4.39 Å². The van der Waals surface area contributed by atoms with Crippen LogP contribution in [0, 0.1) is 11.7 Å². The molecule has 2 unspecified atom stereocenters. The van der Waals surface area contributed by atoms with Crippen LogP contribution in [0.15, 0.2) is 18.2 Å². The molecule has 0 fully saturated rings. The van der Waals surface area contributed by atoms with Crippen molar-refractivity contribution in [1.82, 2.24) is 5.43 Å². The molecule has 0 aliphatic heterocycles. The second kappa shape index (κ2) is 7.80. The molecule has 0 radical (unpaired) electrons. The Bertz CT molecular complexity index is 401. The molecular weight excluding hydrogens is 267 g/mol. The summed E-state index contributed by atoms with van der Waals surface area (Å²) >= 11 is 6.04. The first-order valence-corrected chi connectivity index (χ1v) is 6.89. The van der Waals surface area contributed by atoms with Gasteiger partial charge in [0.1, 0.15) is 5.82 Å². The number of benzene rings is 1. The van der Waals surface area contributed by atoms with E-state index in [2.05, 4.69) is 19.3 Å². The Hall–Kier alpha value is -0.680. The number of hydrogen-bond acceptors (Lipinski definition) is 3. The molecule has 0 aromatic heterocycles. The monoisotopic (exact) mass is 288 g/mol. The minimum Gasteiger partial charge on any atom is -0.377 e. The molecule has 0 saturated heterocycles. The summed E-state index contributed by atoms with van der Waals surface area (Å²) in [5.41, 5.74) is 3.64. The van der Waals surface area contributed by atoms with Crippen LogP contribution in [0.2, 0.25) is 5.02 Å². The Labute approximate surface area is 119 Å². The van der Waals surface area contributed by atoms with E-state index in [9.17, 15) is 4.39 Å². The second-order valence-corrected chi connectivity index (χ2v) is 5.28. The molecule has 3 nitrogen and oxygen atoms in total. The standard InChI is InChI=1S/C14H22ClFN2O/c1-4-19-14(9(2)3)13(18-17)7-10-5-6-11(16)8-12(10)15/h5-6,8-9,13-14,18H,4,7,17H2,1-3H3. The van der Waals surface area contributed by atoms with Gasteiger partial charge in [-0.05, 0) is 37.0 Å². The minimum atomic E-state index is -0.337.